The number of likely N-dealkylation sites (tertiary alicyclic amines) is 1. The molecule has 1 aromatic rings. The van der Waals surface area contributed by atoms with E-state index in [2.05, 4.69) is 0 Å². The Morgan fingerprint density at radius 1 is 1.35 bits per heavy atom. The highest BCUT2D eigenvalue weighted by molar-refractivity contribution is 5.74. The third kappa shape index (κ3) is 4.21. The molecule has 0 radical (unpaired) electrons. The Labute approximate surface area is 119 Å². The Morgan fingerprint density at radius 2 is 2.05 bits per heavy atom. The summed E-state index contributed by atoms with van der Waals surface area (Å²) in [5.41, 5.74) is 0. The van der Waals surface area contributed by atoms with Crippen molar-refractivity contribution in [3.05, 3.63) is 24.3 Å². The van der Waals surface area contributed by atoms with E-state index in [9.17, 15) is 4.79 Å². The number of benzene rings is 1. The largest absolute Gasteiger partial charge is 0.494 e. The lowest BCUT2D eigenvalue weighted by molar-refractivity contribution is -0.135. The molecule has 1 saturated heterocycles. The van der Waals surface area contributed by atoms with E-state index in [1.165, 1.54) is 0 Å². The fraction of sp³-hybridized carbons (Fsp3) is 0.533. The van der Waals surface area contributed by atoms with E-state index in [0.29, 0.717) is 12.4 Å². The van der Waals surface area contributed by atoms with Gasteiger partial charge in [-0.2, -0.15) is 0 Å². The van der Waals surface area contributed by atoms with Crippen LogP contribution in [0, 0.1) is 5.92 Å². The van der Waals surface area contributed by atoms with Crippen LogP contribution in [-0.2, 0) is 4.79 Å². The fourth-order valence-corrected chi connectivity index (χ4v) is 2.32. The van der Waals surface area contributed by atoms with E-state index in [-0.39, 0.29) is 25.0 Å². The molecule has 0 spiro atoms. The van der Waals surface area contributed by atoms with Crippen molar-refractivity contribution in [2.75, 3.05) is 32.8 Å². The van der Waals surface area contributed by atoms with Crippen LogP contribution in [0.3, 0.4) is 0 Å². The lowest BCUT2D eigenvalue weighted by atomic mass is 10.1. The van der Waals surface area contributed by atoms with E-state index < -0.39 is 0 Å². The van der Waals surface area contributed by atoms with E-state index in [4.69, 9.17) is 14.6 Å². The zero-order valence-electron chi connectivity index (χ0n) is 11.7. The second kappa shape index (κ2) is 7.26. The first-order valence-corrected chi connectivity index (χ1v) is 6.98. The van der Waals surface area contributed by atoms with Gasteiger partial charge >= 0.3 is 5.97 Å². The summed E-state index contributed by atoms with van der Waals surface area (Å²) in [5.74, 6) is 1.30. The van der Waals surface area contributed by atoms with Crippen LogP contribution in [0.2, 0.25) is 0 Å². The van der Waals surface area contributed by atoms with Crippen LogP contribution in [0.1, 0.15) is 13.3 Å². The summed E-state index contributed by atoms with van der Waals surface area (Å²) in [6, 6.07) is 7.01. The van der Waals surface area contributed by atoms with Gasteiger partial charge in [-0.1, -0.05) is 0 Å². The Balaban J connectivity index is 1.79. The van der Waals surface area contributed by atoms with Crippen LogP contribution in [0.25, 0.3) is 0 Å². The molecule has 1 heterocycles. The average Bonchev–Trinajstić information content (AvgIpc) is 2.89. The van der Waals surface area contributed by atoms with Crippen molar-refractivity contribution >= 4 is 5.97 Å². The summed E-state index contributed by atoms with van der Waals surface area (Å²) >= 11 is 0. The van der Waals surface area contributed by atoms with Gasteiger partial charge in [0, 0.05) is 13.2 Å². The number of nitrogens with zero attached hydrogens (tertiary/aromatic N) is 1. The van der Waals surface area contributed by atoms with Crippen molar-refractivity contribution in [1.82, 2.24) is 4.90 Å². The van der Waals surface area contributed by atoms with Crippen LogP contribution >= 0.6 is 0 Å². The second-order valence-electron chi connectivity index (χ2n) is 4.95. The maximum atomic E-state index is 11.8. The number of hydrogen-bond donors (Lipinski definition) is 1. The number of carbonyl (C=O) groups is 1. The van der Waals surface area contributed by atoms with Gasteiger partial charge in [0.15, 0.2) is 0 Å². The SMILES string of the molecule is CCOc1ccc(OC(=O)CN2CCC(CO)C2)cc1. The molecule has 0 aromatic heterocycles. The molecule has 5 nitrogen and oxygen atoms in total. The molecule has 0 aliphatic carbocycles. The Kier molecular flexibility index (Phi) is 5.38. The molecular formula is C15H21NO4. The molecule has 20 heavy (non-hydrogen) atoms. The lowest BCUT2D eigenvalue weighted by Gasteiger charge is -2.14. The molecule has 0 amide bonds. The normalized spacial score (nSPS) is 19.0. The number of aliphatic hydroxyl groups excluding tert-OH is 1. The highest BCUT2D eigenvalue weighted by atomic mass is 16.5. The third-order valence-corrected chi connectivity index (χ3v) is 3.35. The van der Waals surface area contributed by atoms with Crippen LogP contribution in [-0.4, -0.2) is 48.8 Å². The zero-order valence-corrected chi connectivity index (χ0v) is 11.7. The molecule has 1 aromatic carbocycles. The van der Waals surface area contributed by atoms with E-state index in [1.54, 1.807) is 24.3 Å². The van der Waals surface area contributed by atoms with Crippen LogP contribution in [0.15, 0.2) is 24.3 Å². The molecular weight excluding hydrogens is 258 g/mol. The molecule has 1 unspecified atom stereocenters. The van der Waals surface area contributed by atoms with Crippen molar-refractivity contribution in [1.29, 1.82) is 0 Å². The predicted molar refractivity (Wildman–Crippen MR) is 74.9 cm³/mol. The summed E-state index contributed by atoms with van der Waals surface area (Å²) in [6.07, 6.45) is 0.937. The summed E-state index contributed by atoms with van der Waals surface area (Å²) in [7, 11) is 0. The van der Waals surface area contributed by atoms with Gasteiger partial charge in [0.2, 0.25) is 0 Å². The minimum Gasteiger partial charge on any atom is -0.494 e. The molecule has 110 valence electrons. The Morgan fingerprint density at radius 3 is 2.65 bits per heavy atom. The van der Waals surface area contributed by atoms with E-state index in [0.717, 1.165) is 25.3 Å². The number of ether oxygens (including phenoxy) is 2. The molecule has 0 saturated carbocycles. The molecule has 1 aliphatic heterocycles. The van der Waals surface area contributed by atoms with Gasteiger partial charge in [0.1, 0.15) is 11.5 Å². The smallest absolute Gasteiger partial charge is 0.325 e. The molecule has 2 rings (SSSR count). The maximum Gasteiger partial charge on any atom is 0.325 e. The van der Waals surface area contributed by atoms with Gasteiger partial charge in [-0.15, -0.1) is 0 Å². The summed E-state index contributed by atoms with van der Waals surface area (Å²) in [5, 5.41) is 9.07. The van der Waals surface area contributed by atoms with Crippen LogP contribution in [0.4, 0.5) is 0 Å². The van der Waals surface area contributed by atoms with Crippen molar-refractivity contribution in [3.63, 3.8) is 0 Å². The summed E-state index contributed by atoms with van der Waals surface area (Å²) < 4.78 is 10.6. The lowest BCUT2D eigenvalue weighted by Crippen LogP contribution is -2.30. The molecule has 0 bridgehead atoms. The number of esters is 1. The number of rotatable bonds is 6. The Hall–Kier alpha value is -1.59. The van der Waals surface area contributed by atoms with Crippen LogP contribution in [0.5, 0.6) is 11.5 Å². The highest BCUT2D eigenvalue weighted by Crippen LogP contribution is 2.19. The van der Waals surface area contributed by atoms with Gasteiger partial charge in [-0.3, -0.25) is 9.69 Å². The van der Waals surface area contributed by atoms with Gasteiger partial charge < -0.3 is 14.6 Å². The third-order valence-electron chi connectivity index (χ3n) is 3.35. The molecule has 1 atom stereocenters. The minimum atomic E-state index is -0.271. The number of hydrogen-bond acceptors (Lipinski definition) is 5. The predicted octanol–water partition coefficient (Wildman–Crippen LogP) is 1.30. The van der Waals surface area contributed by atoms with Crippen molar-refractivity contribution < 1.29 is 19.4 Å². The first kappa shape index (κ1) is 14.8. The van der Waals surface area contributed by atoms with Crippen molar-refractivity contribution in [2.24, 2.45) is 5.92 Å². The molecule has 1 N–H and O–H groups in total. The zero-order chi connectivity index (χ0) is 14.4. The van der Waals surface area contributed by atoms with Crippen molar-refractivity contribution in [2.45, 2.75) is 13.3 Å². The van der Waals surface area contributed by atoms with Crippen LogP contribution < -0.4 is 9.47 Å². The topological polar surface area (TPSA) is 59.0 Å². The van der Waals surface area contributed by atoms with Gasteiger partial charge in [-0.05, 0) is 50.1 Å². The summed E-state index contributed by atoms with van der Waals surface area (Å²) in [6.45, 7) is 4.58. The Bertz CT molecular complexity index is 432. The van der Waals surface area contributed by atoms with Gasteiger partial charge in [0.25, 0.3) is 0 Å². The number of carbonyl (C=O) groups excluding carboxylic acids is 1. The van der Waals surface area contributed by atoms with E-state index in [1.807, 2.05) is 11.8 Å². The first-order chi connectivity index (χ1) is 9.71. The standard InChI is InChI=1S/C15H21NO4/c1-2-19-13-3-5-14(6-4-13)20-15(18)10-16-8-7-12(9-16)11-17/h3-6,12,17H,2,7-11H2,1H3. The first-order valence-electron chi connectivity index (χ1n) is 6.98. The molecule has 1 fully saturated rings. The second-order valence-corrected chi connectivity index (χ2v) is 4.95. The molecule has 5 heteroatoms. The highest BCUT2D eigenvalue weighted by Gasteiger charge is 2.23. The van der Waals surface area contributed by atoms with E-state index >= 15 is 0 Å². The maximum absolute atomic E-state index is 11.8. The minimum absolute atomic E-state index is 0.185. The number of aliphatic hydroxyl groups is 1. The average molecular weight is 279 g/mol. The molecule has 1 aliphatic rings. The fourth-order valence-electron chi connectivity index (χ4n) is 2.32. The summed E-state index contributed by atoms with van der Waals surface area (Å²) in [4.78, 5) is 13.8. The monoisotopic (exact) mass is 279 g/mol. The van der Waals surface area contributed by atoms with Gasteiger partial charge in [-0.25, -0.2) is 0 Å². The quantitative estimate of drug-likeness (QED) is 0.628. The van der Waals surface area contributed by atoms with Crippen molar-refractivity contribution in [3.8, 4) is 11.5 Å². The van der Waals surface area contributed by atoms with Gasteiger partial charge in [0.05, 0.1) is 13.2 Å².